The second-order valence-electron chi connectivity index (χ2n) is 8.94. The van der Waals surface area contributed by atoms with E-state index in [0.717, 1.165) is 51.4 Å². The first-order valence-electron chi connectivity index (χ1n) is 11.3. The minimum Gasteiger partial charge on any atom is -0.446 e. The van der Waals surface area contributed by atoms with Crippen molar-refractivity contribution in [3.8, 4) is 0 Å². The normalized spacial score (nSPS) is 25.8. The largest absolute Gasteiger partial charge is 0.446 e. The summed E-state index contributed by atoms with van der Waals surface area (Å²) >= 11 is 0. The number of nitrogens with two attached hydrogens (primary N) is 1. The summed E-state index contributed by atoms with van der Waals surface area (Å²) in [6, 6.07) is 6.69. The molecule has 0 spiro atoms. The molecule has 0 aliphatic heterocycles. The third-order valence-corrected chi connectivity index (χ3v) is 6.74. The molecule has 3 atom stereocenters. The van der Waals surface area contributed by atoms with Crippen molar-refractivity contribution in [3.63, 3.8) is 0 Å². The van der Waals surface area contributed by atoms with Crippen molar-refractivity contribution >= 4 is 14.8 Å². The summed E-state index contributed by atoms with van der Waals surface area (Å²) in [5, 5.41) is 2.88. The highest BCUT2D eigenvalue weighted by atomic mass is 31.1. The first-order valence-corrected chi connectivity index (χ1v) is 12.1. The predicted octanol–water partition coefficient (Wildman–Crippen LogP) is 5.04. The van der Waals surface area contributed by atoms with E-state index in [9.17, 15) is 9.36 Å². The van der Waals surface area contributed by atoms with E-state index in [1.165, 1.54) is 29.5 Å². The van der Waals surface area contributed by atoms with E-state index in [2.05, 4.69) is 30.4 Å². The molecule has 0 radical (unpaired) electrons. The molecule has 0 aromatic heterocycles. The summed E-state index contributed by atoms with van der Waals surface area (Å²) in [4.78, 5) is 12.0. The van der Waals surface area contributed by atoms with Gasteiger partial charge in [-0.05, 0) is 61.1 Å². The quantitative estimate of drug-likeness (QED) is 0.398. The number of alkyl carbamates (subject to hydrolysis) is 1. The van der Waals surface area contributed by atoms with Crippen molar-refractivity contribution in [1.29, 1.82) is 0 Å². The number of carbonyl (C=O) groups is 1. The minimum absolute atomic E-state index is 0.0504. The number of carbonyl (C=O) groups excluding carboxylic acids is 1. The van der Waals surface area contributed by atoms with Crippen LogP contribution in [0.1, 0.15) is 80.9 Å². The fourth-order valence-corrected chi connectivity index (χ4v) is 5.07. The van der Waals surface area contributed by atoms with Crippen LogP contribution in [0.15, 0.2) is 18.2 Å². The Kier molecular flexibility index (Phi) is 8.67. The van der Waals surface area contributed by atoms with E-state index in [4.69, 9.17) is 15.0 Å². The lowest BCUT2D eigenvalue weighted by Crippen LogP contribution is -2.41. The standard InChI is InChI=1S/C23H35N2O4P/c1-2-3-4-5-12-25-22(26)29-21-9-8-17-13-18(6-7-19(17)14-21)20-10-11-23(24,15-20)16-28-30-27/h6-7,13,20-21H,2-5,8-12,14-16,24H2,1H3,(H,25,26)/t20-,21?,23-/m0/s1. The molecule has 1 aromatic rings. The van der Waals surface area contributed by atoms with Gasteiger partial charge < -0.3 is 15.8 Å². The molecule has 0 heterocycles. The molecule has 1 fully saturated rings. The van der Waals surface area contributed by atoms with Crippen LogP contribution in [0.2, 0.25) is 0 Å². The monoisotopic (exact) mass is 434 g/mol. The Hall–Kier alpha value is -1.49. The van der Waals surface area contributed by atoms with Crippen LogP contribution < -0.4 is 11.1 Å². The fourth-order valence-electron chi connectivity index (χ4n) is 4.76. The summed E-state index contributed by atoms with van der Waals surface area (Å²) in [6.07, 6.45) is 9.54. The van der Waals surface area contributed by atoms with Gasteiger partial charge in [0.2, 0.25) is 0 Å². The van der Waals surface area contributed by atoms with Gasteiger partial charge in [-0.25, -0.2) is 9.36 Å². The molecule has 3 N–H and O–H groups in total. The van der Waals surface area contributed by atoms with Gasteiger partial charge in [0, 0.05) is 18.5 Å². The summed E-state index contributed by atoms with van der Waals surface area (Å²) in [6.45, 7) is 3.20. The maximum absolute atomic E-state index is 12.0. The fraction of sp³-hybridized carbons (Fsp3) is 0.696. The van der Waals surface area contributed by atoms with Crippen molar-refractivity contribution in [1.82, 2.24) is 5.32 Å². The lowest BCUT2D eigenvalue weighted by atomic mass is 9.85. The summed E-state index contributed by atoms with van der Waals surface area (Å²) < 4.78 is 21.3. The highest BCUT2D eigenvalue weighted by Gasteiger charge is 2.37. The molecule has 0 bridgehead atoms. The Morgan fingerprint density at radius 2 is 2.13 bits per heavy atom. The number of amides is 1. The second-order valence-corrected chi connectivity index (χ2v) is 9.34. The van der Waals surface area contributed by atoms with Crippen LogP contribution in [0.4, 0.5) is 4.79 Å². The van der Waals surface area contributed by atoms with Gasteiger partial charge >= 0.3 is 14.8 Å². The maximum atomic E-state index is 12.0. The lowest BCUT2D eigenvalue weighted by molar-refractivity contribution is 0.0895. The minimum atomic E-state index is -0.388. The predicted molar refractivity (Wildman–Crippen MR) is 118 cm³/mol. The van der Waals surface area contributed by atoms with Crippen molar-refractivity contribution in [2.75, 3.05) is 13.2 Å². The molecule has 2 aliphatic carbocycles. The number of nitrogens with one attached hydrogen (secondary N) is 1. The molecule has 1 amide bonds. The molecule has 30 heavy (non-hydrogen) atoms. The van der Waals surface area contributed by atoms with Gasteiger partial charge in [-0.15, -0.1) is 0 Å². The number of hydrogen-bond acceptors (Lipinski definition) is 5. The summed E-state index contributed by atoms with van der Waals surface area (Å²) in [7, 11) is -0.302. The van der Waals surface area contributed by atoms with E-state index < -0.39 is 0 Å². The Morgan fingerprint density at radius 1 is 1.27 bits per heavy atom. The topological polar surface area (TPSA) is 90.7 Å². The number of ether oxygens (including phenoxy) is 1. The zero-order valence-corrected chi connectivity index (χ0v) is 18.9. The van der Waals surface area contributed by atoms with Crippen molar-refractivity contribution in [2.24, 2.45) is 5.73 Å². The van der Waals surface area contributed by atoms with E-state index in [-0.39, 0.29) is 26.4 Å². The third kappa shape index (κ3) is 6.50. The maximum Gasteiger partial charge on any atom is 0.407 e. The molecule has 7 heteroatoms. The number of fused-ring (bicyclic) bond motifs is 1. The van der Waals surface area contributed by atoms with E-state index >= 15 is 0 Å². The van der Waals surface area contributed by atoms with Gasteiger partial charge in [0.05, 0.1) is 6.61 Å². The molecule has 1 aromatic carbocycles. The molecular formula is C23H35N2O4P. The van der Waals surface area contributed by atoms with Gasteiger partial charge in [0.1, 0.15) is 6.10 Å². The van der Waals surface area contributed by atoms with Gasteiger partial charge in [-0.3, -0.25) is 4.52 Å². The number of rotatable bonds is 10. The molecule has 0 saturated heterocycles. The molecule has 166 valence electrons. The van der Waals surface area contributed by atoms with Gasteiger partial charge in [-0.1, -0.05) is 44.4 Å². The van der Waals surface area contributed by atoms with Crippen molar-refractivity contribution < 1.29 is 18.6 Å². The second kappa shape index (κ2) is 11.2. The number of benzene rings is 1. The smallest absolute Gasteiger partial charge is 0.407 e. The highest BCUT2D eigenvalue weighted by molar-refractivity contribution is 7.17. The Bertz CT molecular complexity index is 729. The molecule has 6 nitrogen and oxygen atoms in total. The Balaban J connectivity index is 1.48. The Labute approximate surface area is 181 Å². The van der Waals surface area contributed by atoms with Crippen molar-refractivity contribution in [2.45, 2.75) is 88.7 Å². The average molecular weight is 435 g/mol. The van der Waals surface area contributed by atoms with Crippen LogP contribution in [0.3, 0.4) is 0 Å². The molecule has 3 rings (SSSR count). The lowest BCUT2D eigenvalue weighted by Gasteiger charge is -2.26. The number of unbranched alkanes of at least 4 members (excludes halogenated alkanes) is 3. The third-order valence-electron chi connectivity index (χ3n) is 6.51. The highest BCUT2D eigenvalue weighted by Crippen LogP contribution is 2.41. The molecule has 1 saturated carbocycles. The summed E-state index contributed by atoms with van der Waals surface area (Å²) in [5.41, 5.74) is 9.98. The van der Waals surface area contributed by atoms with Crippen LogP contribution in [-0.4, -0.2) is 30.9 Å². The SMILES string of the molecule is CCCCCCNC(=O)OC1CCc2cc([C@H]3CC[C@@](N)(COP=O)C3)ccc2C1. The van der Waals surface area contributed by atoms with Gasteiger partial charge in [-0.2, -0.15) is 0 Å². The van der Waals surface area contributed by atoms with Crippen molar-refractivity contribution in [3.05, 3.63) is 34.9 Å². The molecular weight excluding hydrogens is 399 g/mol. The number of hydrogen-bond donors (Lipinski definition) is 2. The zero-order valence-electron chi connectivity index (χ0n) is 18.0. The Morgan fingerprint density at radius 3 is 2.93 bits per heavy atom. The van der Waals surface area contributed by atoms with E-state index in [1.54, 1.807) is 0 Å². The number of aryl methyl sites for hydroxylation is 1. The first-order chi connectivity index (χ1) is 14.5. The van der Waals surface area contributed by atoms with Crippen LogP contribution in [0, 0.1) is 0 Å². The van der Waals surface area contributed by atoms with Gasteiger partial charge in [0.25, 0.3) is 0 Å². The van der Waals surface area contributed by atoms with Crippen LogP contribution in [-0.2, 0) is 26.7 Å². The van der Waals surface area contributed by atoms with E-state index in [1.807, 2.05) is 0 Å². The summed E-state index contributed by atoms with van der Waals surface area (Å²) in [5.74, 6) is 0.416. The van der Waals surface area contributed by atoms with Crippen LogP contribution in [0.25, 0.3) is 0 Å². The first kappa shape index (κ1) is 23.2. The molecule has 2 aliphatic rings. The van der Waals surface area contributed by atoms with E-state index in [0.29, 0.717) is 19.1 Å². The average Bonchev–Trinajstić information content (AvgIpc) is 3.14. The van der Waals surface area contributed by atoms with Crippen LogP contribution in [0.5, 0.6) is 0 Å². The zero-order chi connectivity index (χ0) is 21.4. The van der Waals surface area contributed by atoms with Gasteiger partial charge in [0.15, 0.2) is 0 Å². The van der Waals surface area contributed by atoms with Crippen LogP contribution >= 0.6 is 8.69 Å². The molecule has 1 unspecified atom stereocenters.